The molecule has 0 spiro atoms. The smallest absolute Gasteiger partial charge is 0.274 e. The molecule has 3 rings (SSSR count). The van der Waals surface area contributed by atoms with E-state index in [-0.39, 0.29) is 17.9 Å². The second-order valence-corrected chi connectivity index (χ2v) is 6.59. The quantitative estimate of drug-likeness (QED) is 0.932. The maximum atomic E-state index is 12.7. The zero-order valence-electron chi connectivity index (χ0n) is 13.5. The van der Waals surface area contributed by atoms with Gasteiger partial charge in [-0.05, 0) is 31.9 Å². The van der Waals surface area contributed by atoms with Crippen molar-refractivity contribution in [2.75, 3.05) is 13.6 Å². The molecular weight excluding hydrogens is 312 g/mol. The van der Waals surface area contributed by atoms with E-state index in [2.05, 4.69) is 14.9 Å². The fourth-order valence-electron chi connectivity index (χ4n) is 2.91. The van der Waals surface area contributed by atoms with Crippen molar-refractivity contribution in [3.8, 4) is 10.7 Å². The summed E-state index contributed by atoms with van der Waals surface area (Å²) < 4.78 is 2.05. The Balaban J connectivity index is 1.84. The number of hydrogen-bond donors (Lipinski definition) is 1. The summed E-state index contributed by atoms with van der Waals surface area (Å²) in [6.07, 6.45) is 1.55. The van der Waals surface area contributed by atoms with Gasteiger partial charge in [-0.15, -0.1) is 11.3 Å². The third kappa shape index (κ3) is 2.76. The molecule has 1 fully saturated rings. The van der Waals surface area contributed by atoms with Gasteiger partial charge in [0.25, 0.3) is 5.91 Å². The average molecular weight is 332 g/mol. The molecule has 3 heterocycles. The third-order valence-corrected chi connectivity index (χ3v) is 5.24. The van der Waals surface area contributed by atoms with E-state index in [4.69, 9.17) is 0 Å². The van der Waals surface area contributed by atoms with Crippen molar-refractivity contribution in [2.24, 2.45) is 7.05 Å². The summed E-state index contributed by atoms with van der Waals surface area (Å²) in [6, 6.07) is 3.65. The van der Waals surface area contributed by atoms with Crippen LogP contribution in [0.4, 0.5) is 0 Å². The summed E-state index contributed by atoms with van der Waals surface area (Å²) >= 11 is 1.45. The van der Waals surface area contributed by atoms with Crippen LogP contribution in [0.2, 0.25) is 0 Å². The summed E-state index contributed by atoms with van der Waals surface area (Å²) in [6.45, 7) is 2.63. The lowest BCUT2D eigenvalue weighted by atomic mass is 10.2. The van der Waals surface area contributed by atoms with Crippen molar-refractivity contribution in [1.29, 1.82) is 0 Å². The van der Waals surface area contributed by atoms with E-state index in [0.717, 1.165) is 22.8 Å². The Hall–Kier alpha value is -2.15. The molecule has 1 saturated heterocycles. The molecular formula is C16H20N4O2S. The van der Waals surface area contributed by atoms with Gasteiger partial charge in [-0.1, -0.05) is 0 Å². The molecule has 1 unspecified atom stereocenters. The molecule has 2 aromatic rings. The van der Waals surface area contributed by atoms with Crippen molar-refractivity contribution in [3.05, 3.63) is 28.9 Å². The SMILES string of the molecule is CNC(=O)C1CCCN1C(=O)c1csc(-c2ccc(C)n2C)n1. The van der Waals surface area contributed by atoms with Crippen LogP contribution < -0.4 is 5.32 Å². The van der Waals surface area contributed by atoms with Gasteiger partial charge in [-0.25, -0.2) is 4.98 Å². The van der Waals surface area contributed by atoms with E-state index in [1.807, 2.05) is 26.1 Å². The Kier molecular flexibility index (Phi) is 4.21. The first-order valence-electron chi connectivity index (χ1n) is 7.63. The topological polar surface area (TPSA) is 67.2 Å². The number of hydrogen-bond acceptors (Lipinski definition) is 4. The molecule has 0 radical (unpaired) electrons. The van der Waals surface area contributed by atoms with Crippen LogP contribution in [-0.2, 0) is 11.8 Å². The number of nitrogens with one attached hydrogen (secondary N) is 1. The van der Waals surface area contributed by atoms with Crippen molar-refractivity contribution in [1.82, 2.24) is 19.8 Å². The fourth-order valence-corrected chi connectivity index (χ4v) is 3.77. The van der Waals surface area contributed by atoms with Crippen LogP contribution in [0, 0.1) is 6.92 Å². The molecule has 0 aliphatic carbocycles. The van der Waals surface area contributed by atoms with E-state index in [9.17, 15) is 9.59 Å². The van der Waals surface area contributed by atoms with Crippen LogP contribution >= 0.6 is 11.3 Å². The van der Waals surface area contributed by atoms with Crippen molar-refractivity contribution >= 4 is 23.2 Å². The van der Waals surface area contributed by atoms with Crippen molar-refractivity contribution in [2.45, 2.75) is 25.8 Å². The predicted molar refractivity (Wildman–Crippen MR) is 89.4 cm³/mol. The lowest BCUT2D eigenvalue weighted by molar-refractivity contribution is -0.124. The number of carbonyl (C=O) groups excluding carboxylic acids is 2. The number of aryl methyl sites for hydroxylation is 1. The molecule has 0 bridgehead atoms. The highest BCUT2D eigenvalue weighted by atomic mass is 32.1. The molecule has 1 aliphatic heterocycles. The molecule has 2 aromatic heterocycles. The third-order valence-electron chi connectivity index (χ3n) is 4.38. The number of aromatic nitrogens is 2. The molecule has 0 saturated carbocycles. The number of nitrogens with zero attached hydrogens (tertiary/aromatic N) is 3. The average Bonchev–Trinajstić information content (AvgIpc) is 3.27. The summed E-state index contributed by atoms with van der Waals surface area (Å²) in [5.74, 6) is -0.270. The standard InChI is InChI=1S/C16H20N4O2S/c1-10-6-7-13(19(10)3)15-18-11(9-23-15)16(22)20-8-4-5-12(20)14(21)17-2/h6-7,9,12H,4-5,8H2,1-3H3,(H,17,21). The monoisotopic (exact) mass is 332 g/mol. The largest absolute Gasteiger partial charge is 0.357 e. The van der Waals surface area contributed by atoms with Gasteiger partial charge in [-0.2, -0.15) is 0 Å². The number of amides is 2. The Morgan fingerprint density at radius 3 is 2.83 bits per heavy atom. The van der Waals surface area contributed by atoms with E-state index in [1.54, 1.807) is 17.3 Å². The van der Waals surface area contributed by atoms with Crippen LogP contribution in [0.15, 0.2) is 17.5 Å². The van der Waals surface area contributed by atoms with Crippen LogP contribution in [0.1, 0.15) is 29.0 Å². The van der Waals surface area contributed by atoms with E-state index < -0.39 is 0 Å². The second-order valence-electron chi connectivity index (χ2n) is 5.73. The Morgan fingerprint density at radius 1 is 1.39 bits per heavy atom. The molecule has 0 aromatic carbocycles. The van der Waals surface area contributed by atoms with E-state index in [1.165, 1.54) is 11.3 Å². The summed E-state index contributed by atoms with van der Waals surface area (Å²) in [5.41, 5.74) is 2.55. The number of likely N-dealkylation sites (tertiary alicyclic amines) is 1. The normalized spacial score (nSPS) is 17.5. The van der Waals surface area contributed by atoms with Crippen LogP contribution in [0.3, 0.4) is 0 Å². The van der Waals surface area contributed by atoms with Gasteiger partial charge in [0.15, 0.2) is 0 Å². The van der Waals surface area contributed by atoms with Crippen LogP contribution in [0.5, 0.6) is 0 Å². The zero-order chi connectivity index (χ0) is 16.6. The molecule has 23 heavy (non-hydrogen) atoms. The van der Waals surface area contributed by atoms with E-state index in [0.29, 0.717) is 18.7 Å². The zero-order valence-corrected chi connectivity index (χ0v) is 14.3. The first kappa shape index (κ1) is 15.7. The maximum absolute atomic E-state index is 12.7. The molecule has 122 valence electrons. The molecule has 1 aliphatic rings. The molecule has 1 atom stereocenters. The Labute approximate surface area is 139 Å². The van der Waals surface area contributed by atoms with Crippen LogP contribution in [0.25, 0.3) is 10.7 Å². The van der Waals surface area contributed by atoms with Gasteiger partial charge in [0.05, 0.1) is 5.69 Å². The second kappa shape index (κ2) is 6.16. The first-order valence-corrected chi connectivity index (χ1v) is 8.51. The van der Waals surface area contributed by atoms with Crippen molar-refractivity contribution < 1.29 is 9.59 Å². The minimum atomic E-state index is -0.380. The number of rotatable bonds is 3. The summed E-state index contributed by atoms with van der Waals surface area (Å²) in [5, 5.41) is 5.23. The van der Waals surface area contributed by atoms with Gasteiger partial charge in [0.2, 0.25) is 5.91 Å². The lowest BCUT2D eigenvalue weighted by Crippen LogP contribution is -2.45. The molecule has 2 amide bonds. The van der Waals surface area contributed by atoms with Gasteiger partial charge in [0.1, 0.15) is 16.7 Å². The lowest BCUT2D eigenvalue weighted by Gasteiger charge is -2.22. The van der Waals surface area contributed by atoms with E-state index >= 15 is 0 Å². The molecule has 1 N–H and O–H groups in total. The number of carbonyl (C=O) groups is 2. The minimum Gasteiger partial charge on any atom is -0.357 e. The first-order chi connectivity index (χ1) is 11.0. The number of thiazole rings is 1. The highest BCUT2D eigenvalue weighted by Crippen LogP contribution is 2.27. The Bertz CT molecular complexity index is 749. The van der Waals surface area contributed by atoms with Gasteiger partial charge in [0, 0.05) is 31.7 Å². The van der Waals surface area contributed by atoms with Crippen LogP contribution in [-0.4, -0.2) is 45.9 Å². The van der Waals surface area contributed by atoms with Gasteiger partial charge in [-0.3, -0.25) is 9.59 Å². The fraction of sp³-hybridized carbons (Fsp3) is 0.438. The highest BCUT2D eigenvalue weighted by Gasteiger charge is 2.34. The van der Waals surface area contributed by atoms with Crippen molar-refractivity contribution in [3.63, 3.8) is 0 Å². The molecule has 7 heteroatoms. The minimum absolute atomic E-state index is 0.107. The van der Waals surface area contributed by atoms with Gasteiger partial charge < -0.3 is 14.8 Å². The molecule has 6 nitrogen and oxygen atoms in total. The number of likely N-dealkylation sites (N-methyl/N-ethyl adjacent to an activating group) is 1. The predicted octanol–water partition coefficient (Wildman–Crippen LogP) is 1.81. The Morgan fingerprint density at radius 2 is 2.17 bits per heavy atom. The summed E-state index contributed by atoms with van der Waals surface area (Å²) in [7, 11) is 3.58. The summed E-state index contributed by atoms with van der Waals surface area (Å²) in [4.78, 5) is 30.7. The highest BCUT2D eigenvalue weighted by molar-refractivity contribution is 7.13. The van der Waals surface area contributed by atoms with Gasteiger partial charge >= 0.3 is 0 Å². The maximum Gasteiger partial charge on any atom is 0.274 e.